The Kier molecular flexibility index (Phi) is 11.9. The molecule has 8 nitrogen and oxygen atoms in total. The summed E-state index contributed by atoms with van der Waals surface area (Å²) in [5, 5.41) is 1.20. The number of carbonyl (C=O) groups is 3. The summed E-state index contributed by atoms with van der Waals surface area (Å²) in [6.07, 6.45) is 2.25. The van der Waals surface area contributed by atoms with Crippen molar-refractivity contribution in [3.63, 3.8) is 0 Å². The fourth-order valence-corrected chi connectivity index (χ4v) is 4.36. The van der Waals surface area contributed by atoms with Crippen molar-refractivity contribution in [1.29, 1.82) is 0 Å². The molecule has 4 atom stereocenters. The molecule has 0 heterocycles. The number of rotatable bonds is 13. The number of hydrogen-bond donors (Lipinski definition) is 3. The summed E-state index contributed by atoms with van der Waals surface area (Å²) in [4.78, 5) is 37.5. The predicted octanol–water partition coefficient (Wildman–Crippen LogP) is 1.28. The lowest BCUT2D eigenvalue weighted by atomic mass is 9.90. The van der Waals surface area contributed by atoms with Gasteiger partial charge in [0.2, 0.25) is 5.91 Å². The number of ether oxygens (including phenoxy) is 1. The van der Waals surface area contributed by atoms with Gasteiger partial charge >= 0.3 is 5.97 Å². The highest BCUT2D eigenvalue weighted by atomic mass is 32.2. The number of thioether (sulfide) groups is 1. The highest BCUT2D eigenvalue weighted by Gasteiger charge is 2.38. The Bertz CT molecular complexity index is 745. The van der Waals surface area contributed by atoms with Crippen LogP contribution in [-0.2, 0) is 43.2 Å². The first-order valence-corrected chi connectivity index (χ1v) is 12.2. The molecule has 1 aromatic rings. The van der Waals surface area contributed by atoms with Crippen molar-refractivity contribution in [2.24, 2.45) is 11.7 Å². The van der Waals surface area contributed by atoms with Crippen molar-refractivity contribution < 1.29 is 27.9 Å². The van der Waals surface area contributed by atoms with Gasteiger partial charge in [-0.3, -0.25) is 9.59 Å². The van der Waals surface area contributed by atoms with Crippen LogP contribution in [0.1, 0.15) is 31.4 Å². The van der Waals surface area contributed by atoms with E-state index >= 15 is 0 Å². The van der Waals surface area contributed by atoms with E-state index in [2.05, 4.69) is 5.32 Å². The summed E-state index contributed by atoms with van der Waals surface area (Å²) >= 11 is -1.05. The minimum absolute atomic E-state index is 0.0355. The van der Waals surface area contributed by atoms with Crippen LogP contribution in [0.15, 0.2) is 24.3 Å². The molecular weight excluding hydrogens is 428 g/mol. The second-order valence-electron chi connectivity index (χ2n) is 6.69. The molecule has 0 saturated carbocycles. The van der Waals surface area contributed by atoms with E-state index in [1.165, 1.54) is 18.7 Å². The molecule has 0 spiro atoms. The summed E-state index contributed by atoms with van der Waals surface area (Å²) in [7, 11) is 0. The van der Waals surface area contributed by atoms with E-state index in [-0.39, 0.29) is 19.6 Å². The van der Waals surface area contributed by atoms with Crippen LogP contribution in [-0.4, -0.2) is 56.3 Å². The van der Waals surface area contributed by atoms with Crippen molar-refractivity contribution in [2.45, 2.75) is 44.5 Å². The standard InChI is InChI=1S/C20H30N2O6S2/c1-4-28-20(25)17(9-10-29-3)22-19(24)16(18(13(2)23)30(26)27)11-14-7-5-6-8-15(14)12-21/h5-8,16-18H,4,9-12,21H2,1-3H3,(H,22,24)(H,26,27)/t16-,17+,18?/m1/s1. The topological polar surface area (TPSA) is 136 Å². The Hall–Kier alpha value is -1.75. The summed E-state index contributed by atoms with van der Waals surface area (Å²) in [5.74, 6) is -2.36. The maximum atomic E-state index is 13.1. The fraction of sp³-hybridized carbons (Fsp3) is 0.550. The van der Waals surface area contributed by atoms with Crippen LogP contribution in [0.4, 0.5) is 0 Å². The zero-order valence-corrected chi connectivity index (χ0v) is 19.1. The minimum atomic E-state index is -2.56. The summed E-state index contributed by atoms with van der Waals surface area (Å²) < 4.78 is 26.7. The molecular formula is C20H30N2O6S2. The second-order valence-corrected chi connectivity index (χ2v) is 8.73. The molecule has 2 unspecified atom stereocenters. The van der Waals surface area contributed by atoms with Gasteiger partial charge in [-0.25, -0.2) is 9.00 Å². The molecule has 10 heteroatoms. The van der Waals surface area contributed by atoms with Crippen molar-refractivity contribution in [1.82, 2.24) is 5.32 Å². The normalized spacial score (nSPS) is 15.0. The molecule has 0 saturated heterocycles. The first-order valence-electron chi connectivity index (χ1n) is 9.59. The summed E-state index contributed by atoms with van der Waals surface area (Å²) in [6, 6.07) is 6.21. The third kappa shape index (κ3) is 7.82. The van der Waals surface area contributed by atoms with Crippen LogP contribution in [0.25, 0.3) is 0 Å². The fourth-order valence-electron chi connectivity index (χ4n) is 3.10. The third-order valence-electron chi connectivity index (χ3n) is 4.60. The number of benzene rings is 1. The first-order chi connectivity index (χ1) is 14.3. The number of hydrogen-bond acceptors (Lipinski definition) is 7. The van der Waals surface area contributed by atoms with Crippen molar-refractivity contribution in [3.8, 4) is 0 Å². The lowest BCUT2D eigenvalue weighted by Crippen LogP contribution is -2.50. The average molecular weight is 459 g/mol. The molecule has 1 rings (SSSR count). The van der Waals surface area contributed by atoms with Crippen LogP contribution in [0.2, 0.25) is 0 Å². The Morgan fingerprint density at radius 1 is 1.27 bits per heavy atom. The Labute approximate surface area is 184 Å². The van der Waals surface area contributed by atoms with E-state index in [4.69, 9.17) is 10.5 Å². The van der Waals surface area contributed by atoms with E-state index in [1.807, 2.05) is 6.26 Å². The first kappa shape index (κ1) is 26.3. The Morgan fingerprint density at radius 3 is 2.40 bits per heavy atom. The van der Waals surface area contributed by atoms with Gasteiger partial charge in [-0.1, -0.05) is 24.3 Å². The van der Waals surface area contributed by atoms with Crippen LogP contribution < -0.4 is 11.1 Å². The van der Waals surface area contributed by atoms with Crippen LogP contribution >= 0.6 is 11.8 Å². The largest absolute Gasteiger partial charge is 0.464 e. The number of esters is 1. The molecule has 1 amide bonds. The Balaban J connectivity index is 3.24. The smallest absolute Gasteiger partial charge is 0.328 e. The van der Waals surface area contributed by atoms with Crippen molar-refractivity contribution in [3.05, 3.63) is 35.4 Å². The van der Waals surface area contributed by atoms with Gasteiger partial charge in [0, 0.05) is 6.54 Å². The van der Waals surface area contributed by atoms with E-state index in [1.54, 1.807) is 31.2 Å². The zero-order valence-electron chi connectivity index (χ0n) is 17.5. The monoisotopic (exact) mass is 458 g/mol. The number of nitrogens with one attached hydrogen (secondary N) is 1. The van der Waals surface area contributed by atoms with E-state index < -0.39 is 45.9 Å². The minimum Gasteiger partial charge on any atom is -0.464 e. The van der Waals surface area contributed by atoms with Gasteiger partial charge in [-0.2, -0.15) is 11.8 Å². The molecule has 1 aromatic carbocycles. The molecule has 168 valence electrons. The molecule has 0 aliphatic carbocycles. The highest BCUT2D eigenvalue weighted by molar-refractivity contribution is 7.98. The summed E-state index contributed by atoms with van der Waals surface area (Å²) in [6.45, 7) is 3.22. The lowest BCUT2D eigenvalue weighted by Gasteiger charge is -2.25. The van der Waals surface area contributed by atoms with Gasteiger partial charge < -0.3 is 20.3 Å². The molecule has 0 radical (unpaired) electrons. The maximum Gasteiger partial charge on any atom is 0.328 e. The number of ketones is 1. The lowest BCUT2D eigenvalue weighted by molar-refractivity contribution is -0.148. The van der Waals surface area contributed by atoms with Gasteiger partial charge in [-0.05, 0) is 49.8 Å². The molecule has 4 N–H and O–H groups in total. The maximum absolute atomic E-state index is 13.1. The van der Waals surface area contributed by atoms with Crippen LogP contribution in [0, 0.1) is 5.92 Å². The third-order valence-corrected chi connectivity index (χ3v) is 6.34. The van der Waals surface area contributed by atoms with Gasteiger partial charge in [0.1, 0.15) is 17.1 Å². The molecule has 30 heavy (non-hydrogen) atoms. The quantitative estimate of drug-likeness (QED) is 0.297. The van der Waals surface area contributed by atoms with Crippen LogP contribution in [0.3, 0.4) is 0 Å². The van der Waals surface area contributed by atoms with Gasteiger partial charge in [-0.15, -0.1) is 0 Å². The van der Waals surface area contributed by atoms with E-state index in [9.17, 15) is 23.1 Å². The molecule has 0 aliphatic rings. The van der Waals surface area contributed by atoms with Crippen molar-refractivity contribution >= 4 is 40.5 Å². The Morgan fingerprint density at radius 2 is 1.90 bits per heavy atom. The SMILES string of the molecule is CCOC(=O)[C@H](CCSC)NC(=O)[C@H](Cc1ccccc1CN)C(C(C)=O)S(=O)O. The van der Waals surface area contributed by atoms with Crippen molar-refractivity contribution in [2.75, 3.05) is 18.6 Å². The number of Topliss-reactive ketones (excluding diaryl/α,β-unsaturated/α-hetero) is 1. The number of carbonyl (C=O) groups excluding carboxylic acids is 3. The highest BCUT2D eigenvalue weighted by Crippen LogP contribution is 2.21. The molecule has 0 aromatic heterocycles. The second kappa shape index (κ2) is 13.5. The van der Waals surface area contributed by atoms with Crippen LogP contribution in [0.5, 0.6) is 0 Å². The molecule has 0 bridgehead atoms. The van der Waals surface area contributed by atoms with E-state index in [0.717, 1.165) is 5.56 Å². The molecule has 0 aliphatic heterocycles. The summed E-state index contributed by atoms with van der Waals surface area (Å²) in [5.41, 5.74) is 7.24. The van der Waals surface area contributed by atoms with Gasteiger partial charge in [0.25, 0.3) is 0 Å². The molecule has 0 fully saturated rings. The van der Waals surface area contributed by atoms with Gasteiger partial charge in [0.15, 0.2) is 11.1 Å². The van der Waals surface area contributed by atoms with E-state index in [0.29, 0.717) is 17.7 Å². The average Bonchev–Trinajstić information content (AvgIpc) is 2.70. The number of amides is 1. The predicted molar refractivity (Wildman–Crippen MR) is 118 cm³/mol. The van der Waals surface area contributed by atoms with Gasteiger partial charge in [0.05, 0.1) is 12.5 Å². The number of nitrogens with two attached hydrogens (primary N) is 1. The zero-order chi connectivity index (χ0) is 22.7.